The highest BCUT2D eigenvalue weighted by atomic mass is 16.7. The van der Waals surface area contributed by atoms with Gasteiger partial charge in [0.15, 0.2) is 5.79 Å². The zero-order valence-corrected chi connectivity index (χ0v) is 30.2. The van der Waals surface area contributed by atoms with Crippen LogP contribution < -0.4 is 5.73 Å². The standard InChI is InChI=1S/C40H59NO10/c1-19-10-26-6-8-30-20(2)11-25(45-30)4-5-28-16-34-35-38-36(40(35,44)51-34)39(49-28)37-31(50-38)9-7-27(48-37)14-23(42)12-22-13-29(15-24(43)18-41)47-33(22)17-32(46-26)21(19)3/h19,22,24-39,43-44H,2-18,41H2,1H3/t19-,22-,24+,25?,26+,27-,28+,29+,30+,31+,32-,33+,34-,35?,36-,37+,38+,39-,40-/m1/s1. The lowest BCUT2D eigenvalue weighted by Gasteiger charge is -2.73. The fourth-order valence-electron chi connectivity index (χ4n) is 11.6. The highest BCUT2D eigenvalue weighted by Crippen LogP contribution is 2.65. The molecule has 10 aliphatic rings. The number of hydrogen-bond donors (Lipinski definition) is 3. The summed E-state index contributed by atoms with van der Waals surface area (Å²) in [6, 6.07) is 0. The Morgan fingerprint density at radius 1 is 0.745 bits per heavy atom. The third-order valence-electron chi connectivity index (χ3n) is 14.3. The van der Waals surface area contributed by atoms with Gasteiger partial charge in [0.2, 0.25) is 0 Å². The fourth-order valence-corrected chi connectivity index (χ4v) is 11.6. The molecule has 51 heavy (non-hydrogen) atoms. The highest BCUT2D eigenvalue weighted by Gasteiger charge is 2.79. The molecule has 0 aromatic carbocycles. The van der Waals surface area contributed by atoms with E-state index in [1.807, 2.05) is 0 Å². The average Bonchev–Trinajstić information content (AvgIpc) is 3.63. The number of aliphatic hydroxyl groups is 2. The summed E-state index contributed by atoms with van der Waals surface area (Å²) in [5.41, 5.74) is 8.02. The Hall–Kier alpha value is -1.25. The molecule has 10 fully saturated rings. The molecule has 11 nitrogen and oxygen atoms in total. The van der Waals surface area contributed by atoms with Gasteiger partial charge in [-0.3, -0.25) is 4.79 Å². The summed E-state index contributed by atoms with van der Waals surface area (Å²) < 4.78 is 46.6. The van der Waals surface area contributed by atoms with Crippen LogP contribution >= 0.6 is 0 Å². The lowest BCUT2D eigenvalue weighted by atomic mass is 9.53. The first-order valence-electron chi connectivity index (χ1n) is 20.1. The first kappa shape index (κ1) is 35.5. The minimum Gasteiger partial charge on any atom is -0.392 e. The summed E-state index contributed by atoms with van der Waals surface area (Å²) in [5, 5.41) is 21.9. The molecule has 1 saturated carbocycles. The van der Waals surface area contributed by atoms with Crippen LogP contribution in [0.25, 0.3) is 0 Å². The summed E-state index contributed by atoms with van der Waals surface area (Å²) >= 11 is 0. The number of ketones is 1. The smallest absolute Gasteiger partial charge is 0.181 e. The Bertz CT molecular complexity index is 1360. The second kappa shape index (κ2) is 13.8. The van der Waals surface area contributed by atoms with Gasteiger partial charge in [0, 0.05) is 38.6 Å². The van der Waals surface area contributed by atoms with Crippen LogP contribution in [0.4, 0.5) is 0 Å². The number of carbonyl (C=O) groups excluding carboxylic acids is 1. The van der Waals surface area contributed by atoms with Crippen molar-refractivity contribution in [3.05, 3.63) is 24.3 Å². The van der Waals surface area contributed by atoms with Crippen molar-refractivity contribution in [2.24, 2.45) is 29.4 Å². The van der Waals surface area contributed by atoms with Crippen molar-refractivity contribution in [3.8, 4) is 0 Å². The van der Waals surface area contributed by atoms with Crippen molar-refractivity contribution in [2.45, 2.75) is 188 Å². The van der Waals surface area contributed by atoms with Gasteiger partial charge in [0.25, 0.3) is 0 Å². The van der Waals surface area contributed by atoms with Crippen LogP contribution in [0.15, 0.2) is 24.3 Å². The van der Waals surface area contributed by atoms with Crippen molar-refractivity contribution >= 4 is 5.78 Å². The van der Waals surface area contributed by atoms with Crippen LogP contribution in [0.5, 0.6) is 0 Å². The third kappa shape index (κ3) is 6.43. The summed E-state index contributed by atoms with van der Waals surface area (Å²) in [4.78, 5) is 13.9. The minimum absolute atomic E-state index is 0.000704. The maximum absolute atomic E-state index is 13.9. The number of Topliss-reactive ketones (excluding diaryl/α,β-unsaturated/α-hetero) is 1. The van der Waals surface area contributed by atoms with Gasteiger partial charge < -0.3 is 49.1 Å². The molecule has 11 heteroatoms. The van der Waals surface area contributed by atoms with E-state index in [2.05, 4.69) is 20.1 Å². The van der Waals surface area contributed by atoms with Crippen LogP contribution in [0.2, 0.25) is 0 Å². The van der Waals surface area contributed by atoms with E-state index in [1.165, 1.54) is 0 Å². The molecule has 19 atom stereocenters. The van der Waals surface area contributed by atoms with Gasteiger partial charge in [-0.25, -0.2) is 0 Å². The first-order valence-corrected chi connectivity index (χ1v) is 20.1. The Morgan fingerprint density at radius 2 is 1.47 bits per heavy atom. The predicted octanol–water partition coefficient (Wildman–Crippen LogP) is 3.65. The number of rotatable bonds is 3. The number of fused-ring (bicyclic) bond motifs is 6. The molecular formula is C40H59NO10. The minimum atomic E-state index is -1.22. The van der Waals surface area contributed by atoms with E-state index in [0.717, 1.165) is 62.5 Å². The van der Waals surface area contributed by atoms with E-state index in [1.54, 1.807) is 0 Å². The molecule has 0 aromatic heterocycles. The van der Waals surface area contributed by atoms with Crippen LogP contribution in [-0.4, -0.2) is 114 Å². The lowest BCUT2D eigenvalue weighted by molar-refractivity contribution is -0.520. The third-order valence-corrected chi connectivity index (χ3v) is 14.3. The van der Waals surface area contributed by atoms with Crippen molar-refractivity contribution in [3.63, 3.8) is 0 Å². The van der Waals surface area contributed by atoms with Gasteiger partial charge >= 0.3 is 0 Å². The molecular weight excluding hydrogens is 654 g/mol. The summed E-state index contributed by atoms with van der Waals surface area (Å²) in [6.45, 7) is 11.3. The molecule has 2 unspecified atom stereocenters. The quantitative estimate of drug-likeness (QED) is 0.368. The molecule has 0 radical (unpaired) electrons. The van der Waals surface area contributed by atoms with E-state index in [0.29, 0.717) is 44.4 Å². The molecule has 284 valence electrons. The second-order valence-electron chi connectivity index (χ2n) is 17.7. The molecule has 13 bridgehead atoms. The van der Waals surface area contributed by atoms with Gasteiger partial charge in [-0.05, 0) is 80.8 Å². The average molecular weight is 714 g/mol. The molecule has 4 N–H and O–H groups in total. The number of nitrogens with two attached hydrogens (primary N) is 1. The summed E-state index contributed by atoms with van der Waals surface area (Å²) in [5.74, 6) is -1.08. The van der Waals surface area contributed by atoms with E-state index < -0.39 is 11.9 Å². The Morgan fingerprint density at radius 3 is 2.31 bits per heavy atom. The second-order valence-corrected chi connectivity index (χ2v) is 17.7. The van der Waals surface area contributed by atoms with Crippen molar-refractivity contribution in [1.29, 1.82) is 0 Å². The van der Waals surface area contributed by atoms with Crippen molar-refractivity contribution in [2.75, 3.05) is 6.54 Å². The van der Waals surface area contributed by atoms with E-state index in [4.69, 9.17) is 38.9 Å². The maximum Gasteiger partial charge on any atom is 0.181 e. The summed E-state index contributed by atoms with van der Waals surface area (Å²) in [7, 11) is 0. The van der Waals surface area contributed by atoms with Gasteiger partial charge in [-0.1, -0.05) is 20.1 Å². The predicted molar refractivity (Wildman–Crippen MR) is 184 cm³/mol. The fraction of sp³-hybridized carbons (Fsp3) is 0.875. The molecule has 9 aliphatic heterocycles. The monoisotopic (exact) mass is 713 g/mol. The zero-order chi connectivity index (χ0) is 35.2. The van der Waals surface area contributed by atoms with E-state index >= 15 is 0 Å². The Kier molecular flexibility index (Phi) is 9.59. The zero-order valence-electron chi connectivity index (χ0n) is 30.2. The first-order chi connectivity index (χ1) is 24.6. The normalized spacial score (nSPS) is 53.2. The molecule has 10 rings (SSSR count). The van der Waals surface area contributed by atoms with Crippen LogP contribution in [0, 0.1) is 23.7 Å². The number of carbonyl (C=O) groups is 1. The molecule has 1 aliphatic carbocycles. The van der Waals surface area contributed by atoms with Crippen LogP contribution in [-0.2, 0) is 38.0 Å². The van der Waals surface area contributed by atoms with E-state index in [9.17, 15) is 15.0 Å². The Balaban J connectivity index is 0.967. The Labute approximate surface area is 301 Å². The maximum atomic E-state index is 13.9. The largest absolute Gasteiger partial charge is 0.392 e. The SMILES string of the molecule is C=C1CC2CC[C@H]3C[C@H]4O[C@]5(O)C4[C@@H]4O[C@H]6CC[C@H](CC(=O)C[C@@H]7C[C@@H](C[C@H](O)CN)O[C@H]7C[C@H]7O[C@@H](CC[C@@H]1O2)C[C@@H](C)C7=C)O[C@@H]6[C@H](O3)[C@@H]45. The van der Waals surface area contributed by atoms with Crippen LogP contribution in [0.1, 0.15) is 96.8 Å². The molecule has 0 amide bonds. The lowest BCUT2D eigenvalue weighted by Crippen LogP contribution is -2.87. The van der Waals surface area contributed by atoms with Crippen molar-refractivity contribution < 1.29 is 48.2 Å². The number of hydrogen-bond acceptors (Lipinski definition) is 11. The topological polar surface area (TPSA) is 148 Å². The summed E-state index contributed by atoms with van der Waals surface area (Å²) in [6.07, 6.45) is 7.69. The molecule has 0 aromatic rings. The number of ether oxygens (including phenoxy) is 7. The van der Waals surface area contributed by atoms with Gasteiger partial charge in [-0.2, -0.15) is 0 Å². The van der Waals surface area contributed by atoms with Gasteiger partial charge in [0.1, 0.15) is 11.9 Å². The van der Waals surface area contributed by atoms with Crippen LogP contribution in [0.3, 0.4) is 0 Å². The molecule has 0 spiro atoms. The number of aliphatic hydroxyl groups excluding tert-OH is 1. The molecule has 9 heterocycles. The highest BCUT2D eigenvalue weighted by molar-refractivity contribution is 5.79. The molecule has 9 saturated heterocycles. The van der Waals surface area contributed by atoms with Gasteiger partial charge in [0.05, 0.1) is 91.2 Å². The van der Waals surface area contributed by atoms with Crippen molar-refractivity contribution in [1.82, 2.24) is 0 Å². The van der Waals surface area contributed by atoms with E-state index in [-0.39, 0.29) is 109 Å². The van der Waals surface area contributed by atoms with Gasteiger partial charge in [-0.15, -0.1) is 0 Å².